The molecule has 0 atom stereocenters. The summed E-state index contributed by atoms with van der Waals surface area (Å²) in [7, 11) is 0. The van der Waals surface area contributed by atoms with Crippen molar-refractivity contribution in [3.63, 3.8) is 0 Å². The molecule has 18 heavy (non-hydrogen) atoms. The molecule has 3 nitrogen and oxygen atoms in total. The Hall–Kier alpha value is -1.20. The van der Waals surface area contributed by atoms with Gasteiger partial charge < -0.3 is 10.6 Å². The summed E-state index contributed by atoms with van der Waals surface area (Å²) in [5.41, 5.74) is 5.56. The lowest BCUT2D eigenvalue weighted by molar-refractivity contribution is 0.0736. The van der Waals surface area contributed by atoms with Crippen LogP contribution in [0.2, 0.25) is 5.02 Å². The molecule has 0 heterocycles. The number of hydrogen-bond donors (Lipinski definition) is 1. The topological polar surface area (TPSA) is 46.3 Å². The van der Waals surface area contributed by atoms with Gasteiger partial charge in [-0.3, -0.25) is 4.79 Å². The quantitative estimate of drug-likeness (QED) is 0.867. The Balaban J connectivity index is 3.10. The number of hydrogen-bond acceptors (Lipinski definition) is 2. The molecular weight excluding hydrogens is 275 g/mol. The van der Waals surface area contributed by atoms with Crippen molar-refractivity contribution in [1.82, 2.24) is 4.90 Å². The van der Waals surface area contributed by atoms with E-state index >= 15 is 0 Å². The molecule has 98 valence electrons. The van der Waals surface area contributed by atoms with E-state index in [4.69, 9.17) is 29.6 Å². The van der Waals surface area contributed by atoms with Gasteiger partial charge in [-0.05, 0) is 26.0 Å². The van der Waals surface area contributed by atoms with Crippen LogP contribution in [0.25, 0.3) is 0 Å². The molecule has 1 rings (SSSR count). The number of carbonyl (C=O) groups excluding carboxylic acids is 1. The third-order valence-corrected chi connectivity index (χ3v) is 2.91. The molecule has 0 aliphatic rings. The van der Waals surface area contributed by atoms with E-state index < -0.39 is 5.82 Å². The lowest BCUT2D eigenvalue weighted by Crippen LogP contribution is -2.42. The molecule has 0 bridgehead atoms. The number of thiocarbonyl (C=S) groups is 1. The number of benzene rings is 1. The van der Waals surface area contributed by atoms with Crippen molar-refractivity contribution in [1.29, 1.82) is 0 Å². The van der Waals surface area contributed by atoms with Crippen LogP contribution in [0, 0.1) is 5.82 Å². The minimum atomic E-state index is -0.624. The average molecular weight is 289 g/mol. The fourth-order valence-electron chi connectivity index (χ4n) is 1.48. The van der Waals surface area contributed by atoms with Gasteiger partial charge in [-0.25, -0.2) is 4.39 Å². The molecule has 0 spiro atoms. The van der Waals surface area contributed by atoms with Crippen molar-refractivity contribution in [2.75, 3.05) is 6.54 Å². The van der Waals surface area contributed by atoms with Crippen LogP contribution < -0.4 is 5.73 Å². The summed E-state index contributed by atoms with van der Waals surface area (Å²) in [5, 5.41) is -0.184. The number of amides is 1. The summed E-state index contributed by atoms with van der Waals surface area (Å²) < 4.78 is 13.3. The van der Waals surface area contributed by atoms with Gasteiger partial charge in [0.05, 0.1) is 22.1 Å². The number of halogens is 2. The highest BCUT2D eigenvalue weighted by molar-refractivity contribution is 7.80. The molecule has 0 aliphatic heterocycles. The van der Waals surface area contributed by atoms with Crippen LogP contribution in [0.15, 0.2) is 18.2 Å². The number of carbonyl (C=O) groups is 1. The van der Waals surface area contributed by atoms with Crippen molar-refractivity contribution < 1.29 is 9.18 Å². The van der Waals surface area contributed by atoms with E-state index in [9.17, 15) is 9.18 Å². The first kappa shape index (κ1) is 14.9. The van der Waals surface area contributed by atoms with E-state index in [2.05, 4.69) is 0 Å². The zero-order chi connectivity index (χ0) is 13.9. The largest absolute Gasteiger partial charge is 0.392 e. The Labute approximate surface area is 116 Å². The SMILES string of the molecule is CC(C)N(CC(N)=S)C(=O)c1cccc(F)c1Cl. The normalized spacial score (nSPS) is 10.5. The molecule has 2 N–H and O–H groups in total. The van der Waals surface area contributed by atoms with E-state index in [1.807, 2.05) is 13.8 Å². The van der Waals surface area contributed by atoms with Crippen LogP contribution in [-0.4, -0.2) is 28.4 Å². The van der Waals surface area contributed by atoms with Crippen LogP contribution >= 0.6 is 23.8 Å². The summed E-state index contributed by atoms with van der Waals surface area (Å²) in [6.07, 6.45) is 0. The van der Waals surface area contributed by atoms with E-state index in [0.29, 0.717) is 0 Å². The van der Waals surface area contributed by atoms with Gasteiger partial charge >= 0.3 is 0 Å². The Kier molecular flexibility index (Phi) is 5.04. The molecule has 0 saturated heterocycles. The van der Waals surface area contributed by atoms with Crippen molar-refractivity contribution in [2.24, 2.45) is 5.73 Å². The van der Waals surface area contributed by atoms with Crippen molar-refractivity contribution in [2.45, 2.75) is 19.9 Å². The molecule has 0 aliphatic carbocycles. The van der Waals surface area contributed by atoms with Crippen LogP contribution in [0.4, 0.5) is 4.39 Å². The predicted octanol–water partition coefficient (Wildman–Crippen LogP) is 2.62. The first-order valence-electron chi connectivity index (χ1n) is 5.38. The maximum Gasteiger partial charge on any atom is 0.256 e. The molecule has 0 unspecified atom stereocenters. The Morgan fingerprint density at radius 2 is 2.17 bits per heavy atom. The summed E-state index contributed by atoms with van der Waals surface area (Å²) in [5.74, 6) is -1.01. The van der Waals surface area contributed by atoms with E-state index in [0.717, 1.165) is 0 Å². The standard InChI is InChI=1S/C12H14ClFN2OS/c1-7(2)16(6-10(15)18)12(17)8-4-3-5-9(14)11(8)13/h3-5,7H,6H2,1-2H3,(H2,15,18). The summed E-state index contributed by atoms with van der Waals surface area (Å²) in [6.45, 7) is 3.78. The van der Waals surface area contributed by atoms with Gasteiger partial charge in [0, 0.05) is 6.04 Å². The van der Waals surface area contributed by atoms with Crippen LogP contribution in [0.1, 0.15) is 24.2 Å². The molecule has 0 fully saturated rings. The minimum Gasteiger partial charge on any atom is -0.392 e. The second kappa shape index (κ2) is 6.11. The maximum absolute atomic E-state index is 13.3. The lowest BCUT2D eigenvalue weighted by Gasteiger charge is -2.26. The van der Waals surface area contributed by atoms with Crippen LogP contribution in [0.3, 0.4) is 0 Å². The minimum absolute atomic E-state index is 0.113. The van der Waals surface area contributed by atoms with E-state index in [-0.39, 0.29) is 34.1 Å². The Bertz CT molecular complexity index is 479. The zero-order valence-electron chi connectivity index (χ0n) is 10.1. The predicted molar refractivity (Wildman–Crippen MR) is 74.4 cm³/mol. The smallest absolute Gasteiger partial charge is 0.256 e. The van der Waals surface area contributed by atoms with Gasteiger partial charge in [0.1, 0.15) is 5.82 Å². The highest BCUT2D eigenvalue weighted by Crippen LogP contribution is 2.21. The molecule has 0 radical (unpaired) electrons. The molecule has 1 aromatic carbocycles. The highest BCUT2D eigenvalue weighted by Gasteiger charge is 2.22. The van der Waals surface area contributed by atoms with E-state index in [1.165, 1.54) is 23.1 Å². The number of rotatable bonds is 4. The second-order valence-corrected chi connectivity index (χ2v) is 5.00. The van der Waals surface area contributed by atoms with Gasteiger partial charge in [0.15, 0.2) is 0 Å². The fourth-order valence-corrected chi connectivity index (χ4v) is 1.83. The van der Waals surface area contributed by atoms with Gasteiger partial charge in [-0.2, -0.15) is 0 Å². The van der Waals surface area contributed by atoms with Gasteiger partial charge in [-0.1, -0.05) is 29.9 Å². The van der Waals surface area contributed by atoms with Gasteiger partial charge in [0.2, 0.25) is 0 Å². The number of nitrogens with two attached hydrogens (primary N) is 1. The van der Waals surface area contributed by atoms with Crippen molar-refractivity contribution in [3.05, 3.63) is 34.6 Å². The van der Waals surface area contributed by atoms with E-state index in [1.54, 1.807) is 0 Å². The van der Waals surface area contributed by atoms with Gasteiger partial charge in [-0.15, -0.1) is 0 Å². The zero-order valence-corrected chi connectivity index (χ0v) is 11.7. The molecule has 0 aromatic heterocycles. The molecule has 6 heteroatoms. The fraction of sp³-hybridized carbons (Fsp3) is 0.333. The Morgan fingerprint density at radius 1 is 1.56 bits per heavy atom. The highest BCUT2D eigenvalue weighted by atomic mass is 35.5. The summed E-state index contributed by atoms with van der Waals surface area (Å²) >= 11 is 10.6. The monoisotopic (exact) mass is 288 g/mol. The first-order chi connectivity index (χ1) is 8.34. The van der Waals surface area contributed by atoms with Crippen LogP contribution in [0.5, 0.6) is 0 Å². The lowest BCUT2D eigenvalue weighted by atomic mass is 10.1. The second-order valence-electron chi connectivity index (χ2n) is 4.09. The summed E-state index contributed by atoms with van der Waals surface area (Å²) in [6, 6.07) is 4.00. The number of nitrogens with zero attached hydrogens (tertiary/aromatic N) is 1. The third-order valence-electron chi connectivity index (χ3n) is 2.39. The maximum atomic E-state index is 13.3. The first-order valence-corrected chi connectivity index (χ1v) is 6.16. The average Bonchev–Trinajstić information content (AvgIpc) is 2.28. The van der Waals surface area contributed by atoms with Crippen molar-refractivity contribution in [3.8, 4) is 0 Å². The summed E-state index contributed by atoms with van der Waals surface area (Å²) in [4.78, 5) is 13.9. The molecule has 1 aromatic rings. The molecular formula is C12H14ClFN2OS. The van der Waals surface area contributed by atoms with Crippen molar-refractivity contribution >= 4 is 34.7 Å². The molecule has 0 saturated carbocycles. The Morgan fingerprint density at radius 3 is 2.67 bits per heavy atom. The third kappa shape index (κ3) is 3.40. The molecule has 1 amide bonds. The van der Waals surface area contributed by atoms with Crippen LogP contribution in [-0.2, 0) is 0 Å². The van der Waals surface area contributed by atoms with Gasteiger partial charge in [0.25, 0.3) is 5.91 Å².